The SMILES string of the molecule is CCCNCC1CCC(C)(C)CC1c1cnccc1C. The maximum absolute atomic E-state index is 4.38. The minimum absolute atomic E-state index is 0.466. The van der Waals surface area contributed by atoms with Crippen molar-refractivity contribution in [2.24, 2.45) is 11.3 Å². The van der Waals surface area contributed by atoms with Crippen LogP contribution in [0, 0.1) is 18.3 Å². The summed E-state index contributed by atoms with van der Waals surface area (Å²) in [5.74, 6) is 1.43. The Morgan fingerprint density at radius 1 is 1.40 bits per heavy atom. The smallest absolute Gasteiger partial charge is 0.0305 e. The maximum Gasteiger partial charge on any atom is 0.0305 e. The highest BCUT2D eigenvalue weighted by molar-refractivity contribution is 5.27. The molecule has 0 aliphatic heterocycles. The number of nitrogens with one attached hydrogen (secondary N) is 1. The average molecular weight is 274 g/mol. The second kappa shape index (κ2) is 6.71. The fourth-order valence-electron chi connectivity index (χ4n) is 3.58. The van der Waals surface area contributed by atoms with Gasteiger partial charge in [-0.3, -0.25) is 4.98 Å². The van der Waals surface area contributed by atoms with Gasteiger partial charge >= 0.3 is 0 Å². The number of rotatable bonds is 5. The van der Waals surface area contributed by atoms with Gasteiger partial charge in [0.15, 0.2) is 0 Å². The van der Waals surface area contributed by atoms with E-state index < -0.39 is 0 Å². The lowest BCUT2D eigenvalue weighted by atomic mass is 9.65. The van der Waals surface area contributed by atoms with Gasteiger partial charge in [0.05, 0.1) is 0 Å². The minimum atomic E-state index is 0.466. The molecule has 1 aliphatic carbocycles. The molecule has 2 unspecified atom stereocenters. The molecular formula is C18H30N2. The van der Waals surface area contributed by atoms with Crippen molar-refractivity contribution in [2.75, 3.05) is 13.1 Å². The summed E-state index contributed by atoms with van der Waals surface area (Å²) in [4.78, 5) is 4.38. The predicted octanol–water partition coefficient (Wildman–Crippen LogP) is 4.30. The van der Waals surface area contributed by atoms with E-state index in [0.717, 1.165) is 19.0 Å². The summed E-state index contributed by atoms with van der Waals surface area (Å²) in [6.45, 7) is 11.6. The van der Waals surface area contributed by atoms with Crippen molar-refractivity contribution in [1.29, 1.82) is 0 Å². The van der Waals surface area contributed by atoms with E-state index >= 15 is 0 Å². The summed E-state index contributed by atoms with van der Waals surface area (Å²) in [7, 11) is 0. The second-order valence-electron chi connectivity index (χ2n) is 7.21. The lowest BCUT2D eigenvalue weighted by molar-refractivity contribution is 0.159. The van der Waals surface area contributed by atoms with Crippen LogP contribution in [0.5, 0.6) is 0 Å². The highest BCUT2D eigenvalue weighted by Crippen LogP contribution is 2.46. The van der Waals surface area contributed by atoms with Crippen LogP contribution in [0.3, 0.4) is 0 Å². The summed E-state index contributed by atoms with van der Waals surface area (Å²) in [5.41, 5.74) is 3.35. The van der Waals surface area contributed by atoms with Gasteiger partial charge in [0, 0.05) is 12.4 Å². The van der Waals surface area contributed by atoms with Crippen LogP contribution < -0.4 is 5.32 Å². The number of aromatic nitrogens is 1. The lowest BCUT2D eigenvalue weighted by Crippen LogP contribution is -2.35. The first-order chi connectivity index (χ1) is 9.53. The summed E-state index contributed by atoms with van der Waals surface area (Å²) in [5, 5.41) is 3.63. The summed E-state index contributed by atoms with van der Waals surface area (Å²) >= 11 is 0. The number of hydrogen-bond donors (Lipinski definition) is 1. The molecule has 1 saturated carbocycles. The summed E-state index contributed by atoms with van der Waals surface area (Å²) in [6.07, 6.45) is 9.21. The summed E-state index contributed by atoms with van der Waals surface area (Å²) < 4.78 is 0. The number of aryl methyl sites for hydroxylation is 1. The van der Waals surface area contributed by atoms with E-state index in [-0.39, 0.29) is 0 Å². The number of pyridine rings is 1. The van der Waals surface area contributed by atoms with E-state index in [4.69, 9.17) is 0 Å². The van der Waals surface area contributed by atoms with Gasteiger partial charge in [-0.05, 0) is 80.1 Å². The Labute approximate surface area is 124 Å². The Hall–Kier alpha value is -0.890. The van der Waals surface area contributed by atoms with Gasteiger partial charge in [-0.15, -0.1) is 0 Å². The molecule has 1 aromatic rings. The molecule has 2 rings (SSSR count). The zero-order valence-electron chi connectivity index (χ0n) is 13.6. The van der Waals surface area contributed by atoms with Gasteiger partial charge in [0.1, 0.15) is 0 Å². The minimum Gasteiger partial charge on any atom is -0.316 e. The highest BCUT2D eigenvalue weighted by atomic mass is 14.9. The molecule has 20 heavy (non-hydrogen) atoms. The van der Waals surface area contributed by atoms with Crippen LogP contribution in [0.25, 0.3) is 0 Å². The molecule has 0 spiro atoms. The molecule has 2 atom stereocenters. The van der Waals surface area contributed by atoms with Crippen LogP contribution >= 0.6 is 0 Å². The topological polar surface area (TPSA) is 24.9 Å². The average Bonchev–Trinajstić information content (AvgIpc) is 2.41. The molecular weight excluding hydrogens is 244 g/mol. The van der Waals surface area contributed by atoms with E-state index in [1.165, 1.54) is 36.8 Å². The molecule has 0 amide bonds. The van der Waals surface area contributed by atoms with Crippen LogP contribution in [0.2, 0.25) is 0 Å². The number of nitrogens with zero attached hydrogens (tertiary/aromatic N) is 1. The van der Waals surface area contributed by atoms with E-state index in [9.17, 15) is 0 Å². The molecule has 1 aliphatic rings. The first-order valence-electron chi connectivity index (χ1n) is 8.15. The molecule has 0 saturated heterocycles. The van der Waals surface area contributed by atoms with Crippen LogP contribution in [0.1, 0.15) is 63.5 Å². The third kappa shape index (κ3) is 3.82. The Kier molecular flexibility index (Phi) is 5.20. The Morgan fingerprint density at radius 3 is 2.90 bits per heavy atom. The van der Waals surface area contributed by atoms with Crippen molar-refractivity contribution >= 4 is 0 Å². The normalized spacial score (nSPS) is 25.6. The van der Waals surface area contributed by atoms with Crippen LogP contribution in [-0.4, -0.2) is 18.1 Å². The number of hydrogen-bond acceptors (Lipinski definition) is 2. The maximum atomic E-state index is 4.38. The molecule has 2 nitrogen and oxygen atoms in total. The van der Waals surface area contributed by atoms with Gasteiger partial charge in [-0.25, -0.2) is 0 Å². The zero-order valence-corrected chi connectivity index (χ0v) is 13.6. The van der Waals surface area contributed by atoms with Crippen molar-refractivity contribution in [2.45, 2.75) is 59.3 Å². The molecule has 2 heteroatoms. The Morgan fingerprint density at radius 2 is 2.20 bits per heavy atom. The summed E-state index contributed by atoms with van der Waals surface area (Å²) in [6, 6.07) is 2.16. The quantitative estimate of drug-likeness (QED) is 0.810. The van der Waals surface area contributed by atoms with Crippen molar-refractivity contribution in [1.82, 2.24) is 10.3 Å². The van der Waals surface area contributed by atoms with Crippen LogP contribution in [-0.2, 0) is 0 Å². The van der Waals surface area contributed by atoms with Gasteiger partial charge in [0.2, 0.25) is 0 Å². The molecule has 1 aromatic heterocycles. The largest absolute Gasteiger partial charge is 0.316 e. The fraction of sp³-hybridized carbons (Fsp3) is 0.722. The molecule has 1 heterocycles. The van der Waals surface area contributed by atoms with Gasteiger partial charge in [-0.1, -0.05) is 20.8 Å². The van der Waals surface area contributed by atoms with Gasteiger partial charge < -0.3 is 5.32 Å². The first kappa shape index (κ1) is 15.5. The van der Waals surface area contributed by atoms with E-state index in [1.54, 1.807) is 0 Å². The zero-order chi connectivity index (χ0) is 14.6. The molecule has 1 N–H and O–H groups in total. The highest BCUT2D eigenvalue weighted by Gasteiger charge is 2.36. The molecule has 0 radical (unpaired) electrons. The van der Waals surface area contributed by atoms with Crippen LogP contribution in [0.15, 0.2) is 18.5 Å². The Balaban J connectivity index is 2.16. The monoisotopic (exact) mass is 274 g/mol. The lowest BCUT2D eigenvalue weighted by Gasteiger charge is -2.41. The van der Waals surface area contributed by atoms with E-state index in [0.29, 0.717) is 11.3 Å². The van der Waals surface area contributed by atoms with E-state index in [2.05, 4.69) is 50.3 Å². The van der Waals surface area contributed by atoms with E-state index in [1.807, 2.05) is 6.20 Å². The second-order valence-corrected chi connectivity index (χ2v) is 7.21. The third-order valence-electron chi connectivity index (χ3n) is 4.85. The third-order valence-corrected chi connectivity index (χ3v) is 4.85. The molecule has 1 fully saturated rings. The standard InChI is InChI=1S/C18H30N2/c1-5-9-19-12-15-6-8-18(3,4)11-16(15)17-13-20-10-7-14(17)2/h7,10,13,15-16,19H,5-6,8-9,11-12H2,1-4H3. The van der Waals surface area contributed by atoms with Crippen molar-refractivity contribution in [3.8, 4) is 0 Å². The van der Waals surface area contributed by atoms with Crippen molar-refractivity contribution in [3.05, 3.63) is 29.6 Å². The van der Waals surface area contributed by atoms with Crippen molar-refractivity contribution in [3.63, 3.8) is 0 Å². The van der Waals surface area contributed by atoms with Gasteiger partial charge in [-0.2, -0.15) is 0 Å². The fourth-order valence-corrected chi connectivity index (χ4v) is 3.58. The van der Waals surface area contributed by atoms with Crippen LogP contribution in [0.4, 0.5) is 0 Å². The molecule has 0 aromatic carbocycles. The molecule has 0 bridgehead atoms. The Bertz CT molecular complexity index is 425. The van der Waals surface area contributed by atoms with Gasteiger partial charge in [0.25, 0.3) is 0 Å². The predicted molar refractivity (Wildman–Crippen MR) is 86.0 cm³/mol. The molecule has 112 valence electrons. The first-order valence-corrected chi connectivity index (χ1v) is 8.15. The van der Waals surface area contributed by atoms with Crippen molar-refractivity contribution < 1.29 is 0 Å².